The monoisotopic (exact) mass is 328 g/mol. The highest BCUT2D eigenvalue weighted by atomic mass is 16.3. The molecule has 1 aliphatic carbocycles. The second-order valence-electron chi connectivity index (χ2n) is 7.27. The third-order valence-electron chi connectivity index (χ3n) is 5.79. The summed E-state index contributed by atoms with van der Waals surface area (Å²) in [6, 6.07) is 5.55. The Morgan fingerprint density at radius 2 is 2.38 bits per heavy atom. The normalized spacial score (nSPS) is 26.6. The lowest BCUT2D eigenvalue weighted by atomic mass is 9.68. The molecule has 6 nitrogen and oxygen atoms in total. The van der Waals surface area contributed by atoms with Crippen LogP contribution in [0.3, 0.4) is 0 Å². The first kappa shape index (κ1) is 15.4. The Balaban J connectivity index is 1.53. The van der Waals surface area contributed by atoms with Crippen LogP contribution < -0.4 is 5.73 Å². The van der Waals surface area contributed by atoms with Crippen molar-refractivity contribution >= 4 is 5.91 Å². The van der Waals surface area contributed by atoms with E-state index in [-0.39, 0.29) is 11.3 Å². The predicted molar refractivity (Wildman–Crippen MR) is 90.4 cm³/mol. The van der Waals surface area contributed by atoms with Crippen LogP contribution in [0.1, 0.15) is 41.9 Å². The lowest BCUT2D eigenvalue weighted by molar-refractivity contribution is 0.0765. The topological polar surface area (TPSA) is 88.1 Å². The van der Waals surface area contributed by atoms with E-state index in [1.54, 1.807) is 6.07 Å². The zero-order valence-electron chi connectivity index (χ0n) is 14.0. The molecule has 2 fully saturated rings. The molecule has 2 aromatic heterocycles. The average Bonchev–Trinajstić information content (AvgIpc) is 3.31. The fourth-order valence-electron chi connectivity index (χ4n) is 4.37. The second kappa shape index (κ2) is 5.77. The smallest absolute Gasteiger partial charge is 0.274 e. The third kappa shape index (κ3) is 2.45. The molecule has 2 unspecified atom stereocenters. The van der Waals surface area contributed by atoms with Gasteiger partial charge in [0, 0.05) is 24.6 Å². The van der Waals surface area contributed by atoms with E-state index in [0.29, 0.717) is 23.9 Å². The number of nitrogens with zero attached hydrogens (tertiary/aromatic N) is 2. The van der Waals surface area contributed by atoms with Gasteiger partial charge in [-0.05, 0) is 44.4 Å². The van der Waals surface area contributed by atoms with Crippen molar-refractivity contribution in [3.05, 3.63) is 29.7 Å². The van der Waals surface area contributed by atoms with Crippen LogP contribution in [0.4, 0.5) is 0 Å². The lowest BCUT2D eigenvalue weighted by Crippen LogP contribution is -2.40. The van der Waals surface area contributed by atoms with Crippen molar-refractivity contribution < 1.29 is 9.21 Å². The van der Waals surface area contributed by atoms with Crippen LogP contribution in [0.25, 0.3) is 11.5 Å². The molecule has 3 N–H and O–H groups in total. The van der Waals surface area contributed by atoms with Crippen LogP contribution in [0, 0.1) is 18.3 Å². The van der Waals surface area contributed by atoms with E-state index in [0.717, 1.165) is 31.0 Å². The van der Waals surface area contributed by atoms with Gasteiger partial charge in [-0.25, -0.2) is 0 Å². The SMILES string of the molecule is Cc1ccc(-c2cc(C(=O)N3CC4CCCCC4(CN)C3)n[nH]2)o1. The molecule has 2 aliphatic rings. The summed E-state index contributed by atoms with van der Waals surface area (Å²) >= 11 is 0. The van der Waals surface area contributed by atoms with E-state index in [9.17, 15) is 4.79 Å². The fraction of sp³-hybridized carbons (Fsp3) is 0.556. The van der Waals surface area contributed by atoms with Crippen LogP contribution in [0.15, 0.2) is 22.6 Å². The molecule has 1 saturated carbocycles. The highest BCUT2D eigenvalue weighted by Gasteiger charge is 2.48. The van der Waals surface area contributed by atoms with Crippen LogP contribution in [0.5, 0.6) is 0 Å². The highest BCUT2D eigenvalue weighted by molar-refractivity contribution is 5.93. The second-order valence-corrected chi connectivity index (χ2v) is 7.27. The molecule has 0 spiro atoms. The van der Waals surface area contributed by atoms with Gasteiger partial charge in [-0.15, -0.1) is 0 Å². The first-order chi connectivity index (χ1) is 11.6. The highest BCUT2D eigenvalue weighted by Crippen LogP contribution is 2.46. The summed E-state index contributed by atoms with van der Waals surface area (Å²) in [5.41, 5.74) is 7.39. The Morgan fingerprint density at radius 3 is 3.08 bits per heavy atom. The Morgan fingerprint density at radius 1 is 1.50 bits per heavy atom. The molecule has 0 radical (unpaired) electrons. The number of aryl methyl sites for hydroxylation is 1. The lowest BCUT2D eigenvalue weighted by Gasteiger charge is -2.37. The molecule has 6 heteroatoms. The minimum absolute atomic E-state index is 0.0111. The van der Waals surface area contributed by atoms with E-state index in [4.69, 9.17) is 10.2 Å². The van der Waals surface area contributed by atoms with Gasteiger partial charge >= 0.3 is 0 Å². The molecule has 0 bridgehead atoms. The molecular weight excluding hydrogens is 304 g/mol. The maximum Gasteiger partial charge on any atom is 0.274 e. The summed E-state index contributed by atoms with van der Waals surface area (Å²) in [6.45, 7) is 4.12. The molecule has 4 rings (SSSR count). The van der Waals surface area contributed by atoms with E-state index in [1.807, 2.05) is 24.0 Å². The van der Waals surface area contributed by atoms with Gasteiger partial charge in [0.15, 0.2) is 11.5 Å². The summed E-state index contributed by atoms with van der Waals surface area (Å²) < 4.78 is 5.59. The number of carbonyl (C=O) groups excluding carboxylic acids is 1. The quantitative estimate of drug-likeness (QED) is 0.906. The van der Waals surface area contributed by atoms with Crippen molar-refractivity contribution in [3.63, 3.8) is 0 Å². The van der Waals surface area contributed by atoms with Gasteiger partial charge in [0.2, 0.25) is 0 Å². The number of hydrogen-bond donors (Lipinski definition) is 2. The van der Waals surface area contributed by atoms with Crippen molar-refractivity contribution in [1.29, 1.82) is 0 Å². The third-order valence-corrected chi connectivity index (χ3v) is 5.79. The predicted octanol–water partition coefficient (Wildman–Crippen LogP) is 2.57. The van der Waals surface area contributed by atoms with E-state index in [1.165, 1.54) is 19.3 Å². The summed E-state index contributed by atoms with van der Waals surface area (Å²) in [5.74, 6) is 2.06. The maximum atomic E-state index is 12.9. The Hall–Kier alpha value is -2.08. The van der Waals surface area contributed by atoms with Crippen molar-refractivity contribution in [3.8, 4) is 11.5 Å². The zero-order chi connectivity index (χ0) is 16.7. The standard InChI is InChI=1S/C18H24N4O2/c1-12-5-6-16(24-12)14-8-15(21-20-14)17(23)22-9-13-4-2-3-7-18(13,10-19)11-22/h5-6,8,13H,2-4,7,9-11,19H2,1H3,(H,20,21). The molecule has 2 aromatic rings. The summed E-state index contributed by atoms with van der Waals surface area (Å²) in [7, 11) is 0. The number of fused-ring (bicyclic) bond motifs is 1. The summed E-state index contributed by atoms with van der Waals surface area (Å²) in [5, 5.41) is 7.11. The summed E-state index contributed by atoms with van der Waals surface area (Å²) in [4.78, 5) is 14.8. The molecule has 24 heavy (non-hydrogen) atoms. The number of nitrogens with two attached hydrogens (primary N) is 1. The number of furan rings is 1. The number of hydrogen-bond acceptors (Lipinski definition) is 4. The van der Waals surface area contributed by atoms with E-state index < -0.39 is 0 Å². The van der Waals surface area contributed by atoms with Gasteiger partial charge in [0.1, 0.15) is 11.5 Å². The Kier molecular flexibility index (Phi) is 3.72. The van der Waals surface area contributed by atoms with Gasteiger partial charge in [0.25, 0.3) is 5.91 Å². The molecule has 1 aliphatic heterocycles. The van der Waals surface area contributed by atoms with Gasteiger partial charge in [-0.2, -0.15) is 5.10 Å². The molecule has 128 valence electrons. The van der Waals surface area contributed by atoms with E-state index in [2.05, 4.69) is 10.2 Å². The summed E-state index contributed by atoms with van der Waals surface area (Å²) in [6.07, 6.45) is 4.78. The Labute approximate surface area is 141 Å². The van der Waals surface area contributed by atoms with Gasteiger partial charge in [-0.1, -0.05) is 12.8 Å². The van der Waals surface area contributed by atoms with Crippen molar-refractivity contribution in [2.24, 2.45) is 17.1 Å². The molecule has 3 heterocycles. The molecule has 2 atom stereocenters. The van der Waals surface area contributed by atoms with Crippen LogP contribution in [0.2, 0.25) is 0 Å². The number of aromatic amines is 1. The molecule has 1 saturated heterocycles. The first-order valence-corrected chi connectivity index (χ1v) is 8.73. The number of amides is 1. The van der Waals surface area contributed by atoms with Crippen molar-refractivity contribution in [2.75, 3.05) is 19.6 Å². The average molecular weight is 328 g/mol. The van der Waals surface area contributed by atoms with Crippen LogP contribution in [-0.4, -0.2) is 40.6 Å². The van der Waals surface area contributed by atoms with Gasteiger partial charge < -0.3 is 15.1 Å². The van der Waals surface area contributed by atoms with Gasteiger partial charge in [0.05, 0.1) is 0 Å². The number of aromatic nitrogens is 2. The zero-order valence-corrected chi connectivity index (χ0v) is 14.0. The number of H-pyrrole nitrogens is 1. The Bertz CT molecular complexity index is 750. The molecule has 1 amide bonds. The molecular formula is C18H24N4O2. The van der Waals surface area contributed by atoms with Crippen molar-refractivity contribution in [2.45, 2.75) is 32.6 Å². The van der Waals surface area contributed by atoms with E-state index >= 15 is 0 Å². The number of rotatable bonds is 3. The first-order valence-electron chi connectivity index (χ1n) is 8.73. The fourth-order valence-corrected chi connectivity index (χ4v) is 4.37. The minimum atomic E-state index is -0.0111. The maximum absolute atomic E-state index is 12.9. The largest absolute Gasteiger partial charge is 0.460 e. The van der Waals surface area contributed by atoms with Crippen LogP contribution in [-0.2, 0) is 0 Å². The number of likely N-dealkylation sites (tertiary alicyclic amines) is 1. The van der Waals surface area contributed by atoms with Crippen molar-refractivity contribution in [1.82, 2.24) is 15.1 Å². The van der Waals surface area contributed by atoms with Gasteiger partial charge in [-0.3, -0.25) is 9.89 Å². The minimum Gasteiger partial charge on any atom is -0.460 e. The number of carbonyl (C=O) groups is 1. The number of nitrogens with one attached hydrogen (secondary N) is 1. The molecule has 0 aromatic carbocycles. The van der Waals surface area contributed by atoms with Crippen LogP contribution >= 0.6 is 0 Å².